The molecule has 1 heterocycles. The smallest absolute Gasteiger partial charge is 0.404 e. The maximum atomic E-state index is 12.3. The molecule has 0 bridgehead atoms. The number of fused-ring (bicyclic) bond motifs is 1. The van der Waals surface area contributed by atoms with Crippen LogP contribution >= 0.6 is 11.6 Å². The van der Waals surface area contributed by atoms with Crippen molar-refractivity contribution < 1.29 is 19.4 Å². The fourth-order valence-corrected chi connectivity index (χ4v) is 3.41. The van der Waals surface area contributed by atoms with Gasteiger partial charge < -0.3 is 20.5 Å². The first-order valence-electron chi connectivity index (χ1n) is 7.76. The minimum Gasteiger partial charge on any atom is -0.480 e. The lowest BCUT2D eigenvalue weighted by molar-refractivity contribution is -0.128. The van der Waals surface area contributed by atoms with E-state index in [4.69, 9.17) is 21.4 Å². The number of carbonyl (C=O) groups is 2. The number of hydrogen-bond acceptors (Lipinski definition) is 3. The van der Waals surface area contributed by atoms with Crippen LogP contribution < -0.4 is 15.4 Å². The van der Waals surface area contributed by atoms with Crippen LogP contribution in [-0.2, 0) is 11.2 Å². The van der Waals surface area contributed by atoms with Crippen molar-refractivity contribution in [2.75, 3.05) is 0 Å². The lowest BCUT2D eigenvalue weighted by atomic mass is 9.91. The molecule has 7 heteroatoms. The summed E-state index contributed by atoms with van der Waals surface area (Å²) in [4.78, 5) is 23.0. The standard InChI is InChI=1S/C16H19ClN2O4/c17-10-1-6-13-9(7-10)8-14(23-13)15(20)18-11-2-4-12(5-3-11)19-16(21)22/h1,6-7,11-12,14,19H,2-5,8H2,(H,18,20)(H,21,22). The van der Waals surface area contributed by atoms with Crippen LogP contribution in [0.5, 0.6) is 5.75 Å². The Kier molecular flexibility index (Phi) is 4.61. The van der Waals surface area contributed by atoms with Crippen LogP contribution in [0.3, 0.4) is 0 Å². The molecule has 1 unspecified atom stereocenters. The average Bonchev–Trinajstić information content (AvgIpc) is 2.92. The van der Waals surface area contributed by atoms with E-state index in [9.17, 15) is 9.59 Å². The summed E-state index contributed by atoms with van der Waals surface area (Å²) in [5.74, 6) is 0.593. The van der Waals surface area contributed by atoms with Crippen molar-refractivity contribution in [1.82, 2.24) is 10.6 Å². The van der Waals surface area contributed by atoms with Gasteiger partial charge in [0.2, 0.25) is 0 Å². The molecule has 1 aromatic rings. The zero-order valence-electron chi connectivity index (χ0n) is 12.5. The lowest BCUT2D eigenvalue weighted by Crippen LogP contribution is -2.47. The van der Waals surface area contributed by atoms with Gasteiger partial charge in [0.15, 0.2) is 6.10 Å². The molecule has 1 aliphatic heterocycles. The van der Waals surface area contributed by atoms with Crippen molar-refractivity contribution in [3.8, 4) is 5.75 Å². The summed E-state index contributed by atoms with van der Waals surface area (Å²) in [6.45, 7) is 0. The van der Waals surface area contributed by atoms with Crippen molar-refractivity contribution in [3.05, 3.63) is 28.8 Å². The van der Waals surface area contributed by atoms with Gasteiger partial charge in [0.25, 0.3) is 5.91 Å². The number of rotatable bonds is 3. The molecular weight excluding hydrogens is 320 g/mol. The van der Waals surface area contributed by atoms with Crippen molar-refractivity contribution >= 4 is 23.6 Å². The zero-order valence-corrected chi connectivity index (χ0v) is 13.3. The highest BCUT2D eigenvalue weighted by molar-refractivity contribution is 6.30. The highest BCUT2D eigenvalue weighted by Gasteiger charge is 2.31. The average molecular weight is 339 g/mol. The molecule has 0 saturated heterocycles. The number of carbonyl (C=O) groups excluding carboxylic acids is 1. The largest absolute Gasteiger partial charge is 0.480 e. The monoisotopic (exact) mass is 338 g/mol. The first-order valence-corrected chi connectivity index (χ1v) is 8.14. The Morgan fingerprint density at radius 3 is 2.43 bits per heavy atom. The van der Waals surface area contributed by atoms with Crippen molar-refractivity contribution in [2.45, 2.75) is 50.3 Å². The van der Waals surface area contributed by atoms with Crippen molar-refractivity contribution in [3.63, 3.8) is 0 Å². The number of halogens is 1. The highest BCUT2D eigenvalue weighted by Crippen LogP contribution is 2.31. The molecule has 3 rings (SSSR count). The summed E-state index contributed by atoms with van der Waals surface area (Å²) in [6, 6.07) is 5.41. The Bertz CT molecular complexity index is 614. The van der Waals surface area contributed by atoms with Gasteiger partial charge in [-0.25, -0.2) is 4.79 Å². The van der Waals surface area contributed by atoms with Gasteiger partial charge in [-0.2, -0.15) is 0 Å². The summed E-state index contributed by atoms with van der Waals surface area (Å²) in [5, 5.41) is 14.9. The van der Waals surface area contributed by atoms with Crippen LogP contribution in [0.4, 0.5) is 4.79 Å². The van der Waals surface area contributed by atoms with Gasteiger partial charge in [-0.3, -0.25) is 4.79 Å². The minimum atomic E-state index is -0.992. The molecule has 124 valence electrons. The van der Waals surface area contributed by atoms with Crippen LogP contribution in [0.25, 0.3) is 0 Å². The molecule has 2 amide bonds. The number of amides is 2. The SMILES string of the molecule is O=C(O)NC1CCC(NC(=O)C2Cc3cc(Cl)ccc3O2)CC1. The third-order valence-electron chi connectivity index (χ3n) is 4.39. The quantitative estimate of drug-likeness (QED) is 0.789. The minimum absolute atomic E-state index is 0.0187. The molecule has 3 N–H and O–H groups in total. The molecular formula is C16H19ClN2O4. The second kappa shape index (κ2) is 6.66. The summed E-state index contributed by atoms with van der Waals surface area (Å²) >= 11 is 5.95. The number of ether oxygens (including phenoxy) is 1. The van der Waals surface area contributed by atoms with E-state index < -0.39 is 12.2 Å². The van der Waals surface area contributed by atoms with Crippen LogP contribution in [0, 0.1) is 0 Å². The fraction of sp³-hybridized carbons (Fsp3) is 0.500. The number of benzene rings is 1. The van der Waals surface area contributed by atoms with Gasteiger partial charge in [0.1, 0.15) is 5.75 Å². The first kappa shape index (κ1) is 15.9. The number of carboxylic acid groups (broad SMARTS) is 1. The molecule has 1 fully saturated rings. The van der Waals surface area contributed by atoms with E-state index in [0.717, 1.165) is 31.2 Å². The van der Waals surface area contributed by atoms with E-state index >= 15 is 0 Å². The van der Waals surface area contributed by atoms with Gasteiger partial charge >= 0.3 is 6.09 Å². The van der Waals surface area contributed by atoms with E-state index in [2.05, 4.69) is 10.6 Å². The second-order valence-electron chi connectivity index (χ2n) is 6.07. The van der Waals surface area contributed by atoms with Gasteiger partial charge in [-0.15, -0.1) is 0 Å². The maximum absolute atomic E-state index is 12.3. The Balaban J connectivity index is 1.49. The third-order valence-corrected chi connectivity index (χ3v) is 4.63. The van der Waals surface area contributed by atoms with Crippen molar-refractivity contribution in [2.24, 2.45) is 0 Å². The van der Waals surface area contributed by atoms with Crippen LogP contribution in [0.15, 0.2) is 18.2 Å². The second-order valence-corrected chi connectivity index (χ2v) is 6.51. The number of nitrogens with one attached hydrogen (secondary N) is 2. The Hall–Kier alpha value is -1.95. The van der Waals surface area contributed by atoms with Crippen molar-refractivity contribution in [1.29, 1.82) is 0 Å². The molecule has 6 nitrogen and oxygen atoms in total. The molecule has 1 atom stereocenters. The predicted octanol–water partition coefficient (Wildman–Crippen LogP) is 2.34. The predicted molar refractivity (Wildman–Crippen MR) is 84.9 cm³/mol. The molecule has 2 aliphatic rings. The van der Waals surface area contributed by atoms with Gasteiger partial charge in [0, 0.05) is 23.5 Å². The van der Waals surface area contributed by atoms with Crippen LogP contribution in [0.2, 0.25) is 5.02 Å². The normalized spacial score (nSPS) is 26.0. The van der Waals surface area contributed by atoms with E-state index in [1.807, 2.05) is 6.07 Å². The molecule has 0 aromatic heterocycles. The first-order chi connectivity index (χ1) is 11.0. The van der Waals surface area contributed by atoms with Gasteiger partial charge in [0.05, 0.1) is 0 Å². The fourth-order valence-electron chi connectivity index (χ4n) is 3.21. The van der Waals surface area contributed by atoms with E-state index in [1.165, 1.54) is 0 Å². The number of hydrogen-bond donors (Lipinski definition) is 3. The third kappa shape index (κ3) is 3.88. The van der Waals surface area contributed by atoms with Crippen LogP contribution in [0.1, 0.15) is 31.2 Å². The van der Waals surface area contributed by atoms with Gasteiger partial charge in [-0.05, 0) is 49.4 Å². The molecule has 1 aliphatic carbocycles. The van der Waals surface area contributed by atoms with E-state index in [0.29, 0.717) is 17.2 Å². The molecule has 0 radical (unpaired) electrons. The van der Waals surface area contributed by atoms with E-state index in [-0.39, 0.29) is 18.0 Å². The lowest BCUT2D eigenvalue weighted by Gasteiger charge is -2.29. The Labute approximate surface area is 139 Å². The molecule has 1 saturated carbocycles. The summed E-state index contributed by atoms with van der Waals surface area (Å²) in [6.07, 6.45) is 2.02. The maximum Gasteiger partial charge on any atom is 0.404 e. The topological polar surface area (TPSA) is 87.7 Å². The Morgan fingerprint density at radius 1 is 1.13 bits per heavy atom. The van der Waals surface area contributed by atoms with E-state index in [1.54, 1.807) is 12.1 Å². The summed E-state index contributed by atoms with van der Waals surface area (Å²) < 4.78 is 5.68. The summed E-state index contributed by atoms with van der Waals surface area (Å²) in [7, 11) is 0. The van der Waals surface area contributed by atoms with Crippen LogP contribution in [-0.4, -0.2) is 35.3 Å². The Morgan fingerprint density at radius 2 is 1.78 bits per heavy atom. The molecule has 23 heavy (non-hydrogen) atoms. The molecule has 0 spiro atoms. The van der Waals surface area contributed by atoms with Gasteiger partial charge in [-0.1, -0.05) is 11.6 Å². The molecule has 1 aromatic carbocycles. The highest BCUT2D eigenvalue weighted by atomic mass is 35.5. The zero-order chi connectivity index (χ0) is 16.4. The summed E-state index contributed by atoms with van der Waals surface area (Å²) in [5.41, 5.74) is 0.951.